The van der Waals surface area contributed by atoms with E-state index in [1.165, 1.54) is 11.8 Å². The summed E-state index contributed by atoms with van der Waals surface area (Å²) in [7, 11) is -3.04. The number of piperidine rings is 1. The molecule has 1 N–H and O–H groups in total. The minimum Gasteiger partial charge on any atom is -0.310 e. The highest BCUT2D eigenvalue weighted by atomic mass is 32.2. The molecule has 1 aliphatic heterocycles. The number of benzene rings is 1. The first-order valence-electron chi connectivity index (χ1n) is 6.69. The second kappa shape index (κ2) is 6.03. The van der Waals surface area contributed by atoms with Gasteiger partial charge in [-0.1, -0.05) is 37.3 Å². The number of hydrogen-bond acceptors (Lipinski definition) is 3. The standard InChI is InChI=1S/C14H22N2O2S/c1-12-11-16(19(2,17)18)9-8-14(12)15-10-13-6-4-3-5-7-13/h3-7,12,14-15H,8-11H2,1-2H3/t12-,14+/m1/s1. The quantitative estimate of drug-likeness (QED) is 0.909. The molecule has 1 aromatic carbocycles. The predicted molar refractivity (Wildman–Crippen MR) is 77.3 cm³/mol. The monoisotopic (exact) mass is 282 g/mol. The van der Waals surface area contributed by atoms with E-state index in [-0.39, 0.29) is 0 Å². The zero-order valence-electron chi connectivity index (χ0n) is 11.5. The van der Waals surface area contributed by atoms with Crippen LogP contribution in [0, 0.1) is 5.92 Å². The number of nitrogens with one attached hydrogen (secondary N) is 1. The molecular formula is C14H22N2O2S. The van der Waals surface area contributed by atoms with Crippen molar-refractivity contribution in [2.24, 2.45) is 5.92 Å². The van der Waals surface area contributed by atoms with E-state index in [4.69, 9.17) is 0 Å². The summed E-state index contributed by atoms with van der Waals surface area (Å²) in [6, 6.07) is 10.7. The fourth-order valence-electron chi connectivity index (χ4n) is 2.56. The average Bonchev–Trinajstić information content (AvgIpc) is 2.37. The van der Waals surface area contributed by atoms with E-state index in [9.17, 15) is 8.42 Å². The lowest BCUT2D eigenvalue weighted by atomic mass is 9.95. The summed E-state index contributed by atoms with van der Waals surface area (Å²) in [4.78, 5) is 0. The van der Waals surface area contributed by atoms with E-state index in [1.54, 1.807) is 4.31 Å². The molecule has 1 heterocycles. The first-order valence-corrected chi connectivity index (χ1v) is 8.54. The van der Waals surface area contributed by atoms with Gasteiger partial charge < -0.3 is 5.32 Å². The van der Waals surface area contributed by atoms with Crippen LogP contribution in [0.1, 0.15) is 18.9 Å². The Kier molecular flexibility index (Phi) is 4.60. The third kappa shape index (κ3) is 4.03. The summed E-state index contributed by atoms with van der Waals surface area (Å²) in [6.07, 6.45) is 2.17. The molecule has 2 rings (SSSR count). The van der Waals surface area contributed by atoms with Gasteiger partial charge in [0.25, 0.3) is 0 Å². The zero-order valence-corrected chi connectivity index (χ0v) is 12.4. The largest absolute Gasteiger partial charge is 0.310 e. The van der Waals surface area contributed by atoms with E-state index in [1.807, 2.05) is 18.2 Å². The van der Waals surface area contributed by atoms with Crippen LogP contribution in [0.15, 0.2) is 30.3 Å². The molecule has 2 atom stereocenters. The minimum absolute atomic E-state index is 0.340. The molecule has 19 heavy (non-hydrogen) atoms. The Hall–Kier alpha value is -0.910. The van der Waals surface area contributed by atoms with Crippen molar-refractivity contribution in [1.82, 2.24) is 9.62 Å². The van der Waals surface area contributed by atoms with Crippen LogP contribution in [-0.2, 0) is 16.6 Å². The highest BCUT2D eigenvalue weighted by molar-refractivity contribution is 7.88. The summed E-state index contributed by atoms with van der Waals surface area (Å²) in [5.74, 6) is 0.340. The van der Waals surface area contributed by atoms with E-state index >= 15 is 0 Å². The van der Waals surface area contributed by atoms with Crippen molar-refractivity contribution < 1.29 is 8.42 Å². The minimum atomic E-state index is -3.04. The van der Waals surface area contributed by atoms with Gasteiger partial charge in [-0.15, -0.1) is 0 Å². The zero-order chi connectivity index (χ0) is 13.9. The maximum Gasteiger partial charge on any atom is 0.211 e. The van der Waals surface area contributed by atoms with Crippen LogP contribution in [0.5, 0.6) is 0 Å². The number of hydrogen-bond donors (Lipinski definition) is 1. The summed E-state index contributed by atoms with van der Waals surface area (Å²) in [6.45, 7) is 4.19. The summed E-state index contributed by atoms with van der Waals surface area (Å²) in [5, 5.41) is 3.54. The van der Waals surface area contributed by atoms with Crippen LogP contribution in [0.3, 0.4) is 0 Å². The van der Waals surface area contributed by atoms with Gasteiger partial charge in [0.15, 0.2) is 0 Å². The Balaban J connectivity index is 1.87. The molecule has 0 saturated carbocycles. The maximum atomic E-state index is 11.5. The number of nitrogens with zero attached hydrogens (tertiary/aromatic N) is 1. The molecule has 1 fully saturated rings. The summed E-state index contributed by atoms with van der Waals surface area (Å²) >= 11 is 0. The third-order valence-corrected chi connectivity index (χ3v) is 5.02. The molecule has 5 heteroatoms. The molecule has 1 aliphatic rings. The Morgan fingerprint density at radius 1 is 1.32 bits per heavy atom. The van der Waals surface area contributed by atoms with Gasteiger partial charge in [0, 0.05) is 25.7 Å². The Bertz CT molecular complexity index is 501. The van der Waals surface area contributed by atoms with Crippen molar-refractivity contribution >= 4 is 10.0 Å². The molecule has 0 aliphatic carbocycles. The van der Waals surface area contributed by atoms with Crippen LogP contribution in [0.4, 0.5) is 0 Å². The molecule has 0 spiro atoms. The van der Waals surface area contributed by atoms with Gasteiger partial charge in [0.2, 0.25) is 10.0 Å². The molecule has 1 saturated heterocycles. The SMILES string of the molecule is C[C@@H]1CN(S(C)(=O)=O)CC[C@@H]1NCc1ccccc1. The normalized spacial score (nSPS) is 25.4. The Morgan fingerprint density at radius 2 is 2.00 bits per heavy atom. The van der Waals surface area contributed by atoms with Crippen molar-refractivity contribution in [2.75, 3.05) is 19.3 Å². The van der Waals surface area contributed by atoms with Crippen LogP contribution >= 0.6 is 0 Å². The highest BCUT2D eigenvalue weighted by Crippen LogP contribution is 2.19. The lowest BCUT2D eigenvalue weighted by Gasteiger charge is -2.36. The molecule has 0 bridgehead atoms. The first kappa shape index (κ1) is 14.5. The number of rotatable bonds is 4. The van der Waals surface area contributed by atoms with Crippen LogP contribution in [0.2, 0.25) is 0 Å². The fraction of sp³-hybridized carbons (Fsp3) is 0.571. The summed E-state index contributed by atoms with van der Waals surface area (Å²) in [5.41, 5.74) is 1.26. The van der Waals surface area contributed by atoms with Crippen molar-refractivity contribution in [2.45, 2.75) is 25.9 Å². The second-order valence-electron chi connectivity index (χ2n) is 5.36. The van der Waals surface area contributed by atoms with Gasteiger partial charge in [-0.25, -0.2) is 12.7 Å². The van der Waals surface area contributed by atoms with E-state index in [2.05, 4.69) is 24.4 Å². The Morgan fingerprint density at radius 3 is 2.58 bits per heavy atom. The molecule has 0 aromatic heterocycles. The van der Waals surface area contributed by atoms with Crippen LogP contribution in [-0.4, -0.2) is 38.1 Å². The van der Waals surface area contributed by atoms with Crippen molar-refractivity contribution in [1.29, 1.82) is 0 Å². The van der Waals surface area contributed by atoms with Crippen molar-refractivity contribution in [3.05, 3.63) is 35.9 Å². The van der Waals surface area contributed by atoms with Gasteiger partial charge in [-0.05, 0) is 17.9 Å². The molecule has 4 nitrogen and oxygen atoms in total. The lowest BCUT2D eigenvalue weighted by Crippen LogP contribution is -2.49. The van der Waals surface area contributed by atoms with Crippen LogP contribution in [0.25, 0.3) is 0 Å². The molecular weight excluding hydrogens is 260 g/mol. The van der Waals surface area contributed by atoms with Gasteiger partial charge in [-0.2, -0.15) is 0 Å². The molecule has 106 valence electrons. The molecule has 0 unspecified atom stereocenters. The predicted octanol–water partition coefficient (Wildman–Crippen LogP) is 1.45. The molecule has 1 aromatic rings. The van der Waals surface area contributed by atoms with Gasteiger partial charge >= 0.3 is 0 Å². The van der Waals surface area contributed by atoms with Crippen molar-refractivity contribution in [3.8, 4) is 0 Å². The van der Waals surface area contributed by atoms with E-state index in [0.717, 1.165) is 13.0 Å². The maximum absolute atomic E-state index is 11.5. The topological polar surface area (TPSA) is 49.4 Å². The first-order chi connectivity index (χ1) is 8.97. The van der Waals surface area contributed by atoms with Crippen molar-refractivity contribution in [3.63, 3.8) is 0 Å². The fourth-order valence-corrected chi connectivity index (χ4v) is 3.50. The smallest absolute Gasteiger partial charge is 0.211 e. The highest BCUT2D eigenvalue weighted by Gasteiger charge is 2.29. The average molecular weight is 282 g/mol. The van der Waals surface area contributed by atoms with E-state index in [0.29, 0.717) is 25.0 Å². The summed E-state index contributed by atoms with van der Waals surface area (Å²) < 4.78 is 24.6. The van der Waals surface area contributed by atoms with Gasteiger partial charge in [0.1, 0.15) is 0 Å². The van der Waals surface area contributed by atoms with Gasteiger partial charge in [-0.3, -0.25) is 0 Å². The number of sulfonamides is 1. The third-order valence-electron chi connectivity index (χ3n) is 3.75. The lowest BCUT2D eigenvalue weighted by molar-refractivity contribution is 0.220. The molecule has 0 radical (unpaired) electrons. The van der Waals surface area contributed by atoms with Gasteiger partial charge in [0.05, 0.1) is 6.26 Å². The van der Waals surface area contributed by atoms with E-state index < -0.39 is 10.0 Å². The molecule has 0 amide bonds. The Labute approximate surface area is 115 Å². The van der Waals surface area contributed by atoms with Crippen LogP contribution < -0.4 is 5.32 Å². The second-order valence-corrected chi connectivity index (χ2v) is 7.34.